The molecule has 2 heterocycles. The van der Waals surface area contributed by atoms with E-state index in [-0.39, 0.29) is 5.91 Å². The molecule has 0 aliphatic heterocycles. The Morgan fingerprint density at radius 1 is 1.13 bits per heavy atom. The third kappa shape index (κ3) is 6.60. The summed E-state index contributed by atoms with van der Waals surface area (Å²) in [6, 6.07) is 15.0. The Morgan fingerprint density at radius 2 is 1.94 bits per heavy atom. The van der Waals surface area contributed by atoms with Gasteiger partial charge in [-0.2, -0.15) is 0 Å². The summed E-state index contributed by atoms with van der Waals surface area (Å²) in [5.41, 5.74) is 3.52. The SMILES string of the molecule is COc1ccc([C@@H](O)CNCCc2ccc(C(=O)N(C)Cc3cccnc3)cc2)cn1. The molecule has 7 heteroatoms. The molecule has 0 saturated carbocycles. The second kappa shape index (κ2) is 11.2. The van der Waals surface area contributed by atoms with Crippen molar-refractivity contribution in [2.24, 2.45) is 0 Å². The van der Waals surface area contributed by atoms with Gasteiger partial charge in [-0.1, -0.05) is 18.2 Å². The van der Waals surface area contributed by atoms with Gasteiger partial charge in [0, 0.05) is 55.9 Å². The zero-order chi connectivity index (χ0) is 22.1. The number of methoxy groups -OCH3 is 1. The fourth-order valence-corrected chi connectivity index (χ4v) is 3.17. The van der Waals surface area contributed by atoms with Crippen LogP contribution in [0.1, 0.15) is 33.2 Å². The number of aromatic nitrogens is 2. The van der Waals surface area contributed by atoms with Crippen molar-refractivity contribution in [1.82, 2.24) is 20.2 Å². The van der Waals surface area contributed by atoms with Gasteiger partial charge in [-0.05, 0) is 48.4 Å². The number of nitrogens with one attached hydrogen (secondary N) is 1. The van der Waals surface area contributed by atoms with E-state index in [1.807, 2.05) is 36.4 Å². The zero-order valence-corrected chi connectivity index (χ0v) is 17.9. The monoisotopic (exact) mass is 420 g/mol. The van der Waals surface area contributed by atoms with Crippen molar-refractivity contribution in [2.45, 2.75) is 19.1 Å². The summed E-state index contributed by atoms with van der Waals surface area (Å²) in [5, 5.41) is 13.5. The molecule has 1 atom stereocenters. The summed E-state index contributed by atoms with van der Waals surface area (Å²) in [7, 11) is 3.35. The van der Waals surface area contributed by atoms with E-state index in [1.165, 1.54) is 0 Å². The number of nitrogens with zero attached hydrogens (tertiary/aromatic N) is 3. The van der Waals surface area contributed by atoms with E-state index in [9.17, 15) is 9.90 Å². The fourth-order valence-electron chi connectivity index (χ4n) is 3.17. The predicted octanol–water partition coefficient (Wildman–Crippen LogP) is 2.62. The van der Waals surface area contributed by atoms with E-state index >= 15 is 0 Å². The van der Waals surface area contributed by atoms with Crippen molar-refractivity contribution in [3.05, 3.63) is 89.4 Å². The first-order valence-electron chi connectivity index (χ1n) is 10.2. The molecule has 31 heavy (non-hydrogen) atoms. The van der Waals surface area contributed by atoms with Crippen LogP contribution >= 0.6 is 0 Å². The Morgan fingerprint density at radius 3 is 2.58 bits per heavy atom. The summed E-state index contributed by atoms with van der Waals surface area (Å²) >= 11 is 0. The molecule has 3 aromatic rings. The van der Waals surface area contributed by atoms with Crippen LogP contribution in [0.4, 0.5) is 0 Å². The highest BCUT2D eigenvalue weighted by Crippen LogP contribution is 2.14. The molecule has 0 saturated heterocycles. The van der Waals surface area contributed by atoms with Crippen LogP contribution in [-0.4, -0.2) is 53.1 Å². The minimum Gasteiger partial charge on any atom is -0.481 e. The maximum absolute atomic E-state index is 12.6. The average molecular weight is 421 g/mol. The molecule has 0 spiro atoms. The number of pyridine rings is 2. The predicted molar refractivity (Wildman–Crippen MR) is 119 cm³/mol. The van der Waals surface area contributed by atoms with Crippen LogP contribution in [0.3, 0.4) is 0 Å². The lowest BCUT2D eigenvalue weighted by Crippen LogP contribution is -2.26. The average Bonchev–Trinajstić information content (AvgIpc) is 2.82. The molecule has 2 aromatic heterocycles. The molecule has 0 aliphatic rings. The van der Waals surface area contributed by atoms with Gasteiger partial charge in [-0.25, -0.2) is 4.98 Å². The van der Waals surface area contributed by atoms with Gasteiger partial charge in [-0.15, -0.1) is 0 Å². The fraction of sp³-hybridized carbons (Fsp3) is 0.292. The molecule has 0 radical (unpaired) electrons. The first-order valence-corrected chi connectivity index (χ1v) is 10.2. The first-order chi connectivity index (χ1) is 15.1. The normalized spacial score (nSPS) is 11.7. The second-order valence-corrected chi connectivity index (χ2v) is 7.32. The zero-order valence-electron chi connectivity index (χ0n) is 17.9. The Labute approximate surface area is 182 Å². The molecule has 0 bridgehead atoms. The topological polar surface area (TPSA) is 87.6 Å². The Balaban J connectivity index is 1.43. The summed E-state index contributed by atoms with van der Waals surface area (Å²) in [5.74, 6) is 0.499. The Bertz CT molecular complexity index is 947. The molecule has 3 rings (SSSR count). The quantitative estimate of drug-likeness (QED) is 0.490. The molecule has 1 aromatic carbocycles. The lowest BCUT2D eigenvalue weighted by molar-refractivity contribution is 0.0785. The second-order valence-electron chi connectivity index (χ2n) is 7.32. The highest BCUT2D eigenvalue weighted by molar-refractivity contribution is 5.94. The number of aliphatic hydroxyl groups is 1. The number of aliphatic hydroxyl groups excluding tert-OH is 1. The molecule has 2 N–H and O–H groups in total. The number of benzene rings is 1. The van der Waals surface area contributed by atoms with Crippen LogP contribution in [0.15, 0.2) is 67.1 Å². The number of carbonyl (C=O) groups is 1. The highest BCUT2D eigenvalue weighted by atomic mass is 16.5. The number of rotatable bonds is 10. The molecule has 0 aliphatic carbocycles. The smallest absolute Gasteiger partial charge is 0.253 e. The van der Waals surface area contributed by atoms with Crippen molar-refractivity contribution in [3.63, 3.8) is 0 Å². The van der Waals surface area contributed by atoms with E-state index in [4.69, 9.17) is 4.74 Å². The molecular formula is C24H28N4O3. The van der Waals surface area contributed by atoms with Gasteiger partial charge < -0.3 is 20.1 Å². The lowest BCUT2D eigenvalue weighted by Gasteiger charge is -2.17. The van der Waals surface area contributed by atoms with Crippen molar-refractivity contribution < 1.29 is 14.6 Å². The van der Waals surface area contributed by atoms with Crippen molar-refractivity contribution in [2.75, 3.05) is 27.2 Å². The van der Waals surface area contributed by atoms with Crippen LogP contribution < -0.4 is 10.1 Å². The van der Waals surface area contributed by atoms with Gasteiger partial charge in [-0.3, -0.25) is 9.78 Å². The lowest BCUT2D eigenvalue weighted by atomic mass is 10.1. The largest absolute Gasteiger partial charge is 0.481 e. The Kier molecular flexibility index (Phi) is 8.09. The van der Waals surface area contributed by atoms with Gasteiger partial charge >= 0.3 is 0 Å². The minimum atomic E-state index is -0.631. The van der Waals surface area contributed by atoms with Gasteiger partial charge in [0.2, 0.25) is 5.88 Å². The van der Waals surface area contributed by atoms with Gasteiger partial charge in [0.25, 0.3) is 5.91 Å². The van der Waals surface area contributed by atoms with Crippen molar-refractivity contribution >= 4 is 5.91 Å². The Hall–Kier alpha value is -3.29. The first kappa shape index (κ1) is 22.4. The van der Waals surface area contributed by atoms with Crippen LogP contribution in [0.2, 0.25) is 0 Å². The standard InChI is InChI=1S/C24H28N4O3/c1-28(17-19-4-3-12-25-14-19)24(30)20-7-5-18(6-8-20)11-13-26-16-22(29)21-9-10-23(31-2)27-15-21/h3-10,12,14-15,22,26,29H,11,13,16-17H2,1-2H3/t22-/m0/s1. The van der Waals surface area contributed by atoms with Crippen molar-refractivity contribution in [3.8, 4) is 5.88 Å². The maximum Gasteiger partial charge on any atom is 0.253 e. The van der Waals surface area contributed by atoms with Gasteiger partial charge in [0.15, 0.2) is 0 Å². The number of carbonyl (C=O) groups excluding carboxylic acids is 1. The number of amides is 1. The summed E-state index contributed by atoms with van der Waals surface area (Å²) in [6.45, 7) is 1.67. The number of hydrogen-bond acceptors (Lipinski definition) is 6. The summed E-state index contributed by atoms with van der Waals surface area (Å²) in [6.07, 6.45) is 5.27. The van der Waals surface area contributed by atoms with Crippen LogP contribution in [0.5, 0.6) is 5.88 Å². The molecule has 1 amide bonds. The number of hydrogen-bond donors (Lipinski definition) is 2. The van der Waals surface area contributed by atoms with Crippen LogP contribution in [0, 0.1) is 0 Å². The van der Waals surface area contributed by atoms with Gasteiger partial charge in [0.05, 0.1) is 13.2 Å². The third-order valence-electron chi connectivity index (χ3n) is 4.97. The van der Waals surface area contributed by atoms with Crippen LogP contribution in [0.25, 0.3) is 0 Å². The molecule has 0 fully saturated rings. The third-order valence-corrected chi connectivity index (χ3v) is 4.97. The van der Waals surface area contributed by atoms with E-state index in [2.05, 4.69) is 15.3 Å². The number of ether oxygens (including phenoxy) is 1. The van der Waals surface area contributed by atoms with Gasteiger partial charge in [0.1, 0.15) is 0 Å². The molecule has 0 unspecified atom stereocenters. The van der Waals surface area contributed by atoms with E-state index in [0.717, 1.165) is 29.7 Å². The van der Waals surface area contributed by atoms with Crippen molar-refractivity contribution in [1.29, 1.82) is 0 Å². The van der Waals surface area contributed by atoms with Crippen LogP contribution in [-0.2, 0) is 13.0 Å². The maximum atomic E-state index is 12.6. The van der Waals surface area contributed by atoms with E-state index < -0.39 is 6.10 Å². The minimum absolute atomic E-state index is 0.0234. The molecular weight excluding hydrogens is 392 g/mol. The summed E-state index contributed by atoms with van der Waals surface area (Å²) < 4.78 is 5.02. The van der Waals surface area contributed by atoms with E-state index in [1.54, 1.807) is 49.8 Å². The highest BCUT2D eigenvalue weighted by Gasteiger charge is 2.12. The molecule has 7 nitrogen and oxygen atoms in total. The summed E-state index contributed by atoms with van der Waals surface area (Å²) in [4.78, 5) is 22.5. The van der Waals surface area contributed by atoms with E-state index in [0.29, 0.717) is 24.5 Å². The molecule has 162 valence electrons.